The monoisotopic (exact) mass is 374 g/mol. The average molecular weight is 374 g/mol. The predicted octanol–water partition coefficient (Wildman–Crippen LogP) is 2.70. The summed E-state index contributed by atoms with van der Waals surface area (Å²) >= 11 is 2.03. The Hall–Kier alpha value is -1.64. The van der Waals surface area contributed by atoms with Gasteiger partial charge < -0.3 is 0 Å². The van der Waals surface area contributed by atoms with Crippen molar-refractivity contribution in [1.29, 1.82) is 0 Å². The van der Waals surface area contributed by atoms with Gasteiger partial charge in [0.2, 0.25) is 11.8 Å². The fraction of sp³-hybridized carbons (Fsp3) is 0.273. The summed E-state index contributed by atoms with van der Waals surface area (Å²) in [5.41, 5.74) is 11.4. The Morgan fingerprint density at radius 3 is 2.89 bits per heavy atom. The molecule has 8 heteroatoms. The number of hydroxylamine groups is 1. The second kappa shape index (κ2) is 7.72. The van der Waals surface area contributed by atoms with Crippen LogP contribution in [-0.4, -0.2) is 11.8 Å². The zero-order valence-corrected chi connectivity index (χ0v) is 12.2. The third-order valence-corrected chi connectivity index (χ3v) is 3.22. The second-order valence-electron chi connectivity index (χ2n) is 3.43. The highest BCUT2D eigenvalue weighted by Gasteiger charge is 2.13. The molecule has 0 aromatic heterocycles. The van der Waals surface area contributed by atoms with Crippen molar-refractivity contribution in [2.24, 2.45) is 5.11 Å². The van der Waals surface area contributed by atoms with E-state index in [1.807, 2.05) is 22.6 Å². The molecule has 19 heavy (non-hydrogen) atoms. The highest BCUT2D eigenvalue weighted by atomic mass is 127. The van der Waals surface area contributed by atoms with E-state index in [-0.39, 0.29) is 18.1 Å². The third-order valence-electron chi connectivity index (χ3n) is 2.21. The molecule has 0 aliphatic rings. The summed E-state index contributed by atoms with van der Waals surface area (Å²) in [4.78, 5) is 30.1. The maximum atomic E-state index is 11.6. The number of carbonyl (C=O) groups excluding carboxylic acids is 2. The molecule has 0 unspecified atom stereocenters. The van der Waals surface area contributed by atoms with Gasteiger partial charge in [0.25, 0.3) is 0 Å². The summed E-state index contributed by atoms with van der Waals surface area (Å²) in [6.45, 7) is 1.72. The van der Waals surface area contributed by atoms with Crippen LogP contribution < -0.4 is 5.48 Å². The van der Waals surface area contributed by atoms with Crippen LogP contribution in [-0.2, 0) is 16.2 Å². The van der Waals surface area contributed by atoms with Crippen molar-refractivity contribution < 1.29 is 14.4 Å². The highest BCUT2D eigenvalue weighted by Crippen LogP contribution is 2.19. The van der Waals surface area contributed by atoms with E-state index in [2.05, 4.69) is 15.5 Å². The largest absolute Gasteiger partial charge is 0.287 e. The molecular formula is C11H11IN4O3. The minimum absolute atomic E-state index is 0.0207. The van der Waals surface area contributed by atoms with Crippen LogP contribution in [0.25, 0.3) is 10.4 Å². The molecule has 7 nitrogen and oxygen atoms in total. The van der Waals surface area contributed by atoms with Gasteiger partial charge in [0.15, 0.2) is 0 Å². The summed E-state index contributed by atoms with van der Waals surface area (Å²) < 4.78 is 0.780. The van der Waals surface area contributed by atoms with Crippen LogP contribution in [0.2, 0.25) is 0 Å². The van der Waals surface area contributed by atoms with Gasteiger partial charge in [-0.3, -0.25) is 14.4 Å². The lowest BCUT2D eigenvalue weighted by molar-refractivity contribution is -0.134. The molecule has 1 N–H and O–H groups in total. The van der Waals surface area contributed by atoms with Crippen LogP contribution in [0.5, 0.6) is 0 Å². The average Bonchev–Trinajstić information content (AvgIpc) is 2.40. The van der Waals surface area contributed by atoms with Crippen LogP contribution in [0.1, 0.15) is 29.3 Å². The number of hydrogen-bond donors (Lipinski definition) is 1. The molecule has 0 aliphatic carbocycles. The molecule has 0 radical (unpaired) electrons. The van der Waals surface area contributed by atoms with Crippen molar-refractivity contribution >= 4 is 34.4 Å². The lowest BCUT2D eigenvalue weighted by atomic mass is 10.1. The van der Waals surface area contributed by atoms with Gasteiger partial charge >= 0.3 is 0 Å². The Morgan fingerprint density at radius 2 is 2.26 bits per heavy atom. The van der Waals surface area contributed by atoms with Gasteiger partial charge in [0, 0.05) is 26.0 Å². The molecule has 0 bridgehead atoms. The van der Waals surface area contributed by atoms with E-state index in [9.17, 15) is 9.59 Å². The second-order valence-corrected chi connectivity index (χ2v) is 4.59. The van der Waals surface area contributed by atoms with E-state index in [1.165, 1.54) is 0 Å². The maximum absolute atomic E-state index is 11.6. The molecule has 0 saturated carbocycles. The molecule has 0 aliphatic heterocycles. The van der Waals surface area contributed by atoms with Crippen LogP contribution in [0.3, 0.4) is 0 Å². The summed E-state index contributed by atoms with van der Waals surface area (Å²) in [5.74, 6) is -0.935. The zero-order chi connectivity index (χ0) is 14.3. The lowest BCUT2D eigenvalue weighted by Gasteiger charge is -2.10. The number of rotatable bonds is 5. The van der Waals surface area contributed by atoms with E-state index >= 15 is 0 Å². The van der Waals surface area contributed by atoms with Gasteiger partial charge in [0.05, 0.1) is 0 Å². The van der Waals surface area contributed by atoms with E-state index in [1.54, 1.807) is 25.1 Å². The standard InChI is InChI=1S/C11H11IN4O3/c1-2-10(17)15-19-6-8-7(11(18)14-16-13)4-3-5-9(8)12/h3-5H,2,6H2,1H3,(H,15,17). The molecule has 0 saturated heterocycles. The van der Waals surface area contributed by atoms with E-state index in [0.717, 1.165) is 3.57 Å². The van der Waals surface area contributed by atoms with Crippen molar-refractivity contribution in [3.63, 3.8) is 0 Å². The van der Waals surface area contributed by atoms with Crippen molar-refractivity contribution in [3.8, 4) is 0 Å². The van der Waals surface area contributed by atoms with Gasteiger partial charge in [-0.25, -0.2) is 5.48 Å². The Bertz CT molecular complexity index is 541. The number of hydrogen-bond acceptors (Lipinski definition) is 3. The molecule has 0 atom stereocenters. The first-order valence-electron chi connectivity index (χ1n) is 5.37. The molecule has 2 amide bonds. The van der Waals surface area contributed by atoms with Crippen molar-refractivity contribution in [1.82, 2.24) is 5.48 Å². The Balaban J connectivity index is 2.89. The summed E-state index contributed by atoms with van der Waals surface area (Å²) in [7, 11) is 0. The topological polar surface area (TPSA) is 104 Å². The smallest absolute Gasteiger partial charge is 0.249 e. The lowest BCUT2D eigenvalue weighted by Crippen LogP contribution is -2.23. The molecule has 0 spiro atoms. The SMILES string of the molecule is CCC(=O)NOCc1c(I)cccc1C(=O)N=[N+]=[N-]. The fourth-order valence-electron chi connectivity index (χ4n) is 1.26. The van der Waals surface area contributed by atoms with Gasteiger partial charge in [-0.05, 0) is 39.3 Å². The summed E-state index contributed by atoms with van der Waals surface area (Å²) in [6.07, 6.45) is 0.302. The predicted molar refractivity (Wildman–Crippen MR) is 75.9 cm³/mol. The number of benzene rings is 1. The minimum Gasteiger partial charge on any atom is -0.287 e. The molecule has 0 fully saturated rings. The Morgan fingerprint density at radius 1 is 1.53 bits per heavy atom. The Labute approximate surface area is 123 Å². The number of halogens is 1. The van der Waals surface area contributed by atoms with E-state index < -0.39 is 5.91 Å². The van der Waals surface area contributed by atoms with Crippen LogP contribution in [0, 0.1) is 3.57 Å². The van der Waals surface area contributed by atoms with Crippen LogP contribution >= 0.6 is 22.6 Å². The van der Waals surface area contributed by atoms with Crippen molar-refractivity contribution in [2.75, 3.05) is 0 Å². The van der Waals surface area contributed by atoms with Crippen molar-refractivity contribution in [3.05, 3.63) is 43.3 Å². The number of azide groups is 1. The quantitative estimate of drug-likeness (QED) is 0.282. The normalized spacial score (nSPS) is 9.58. The van der Waals surface area contributed by atoms with Gasteiger partial charge in [-0.2, -0.15) is 0 Å². The minimum atomic E-state index is -0.679. The summed E-state index contributed by atoms with van der Waals surface area (Å²) in [5, 5.41) is 3.05. The van der Waals surface area contributed by atoms with Crippen molar-refractivity contribution in [2.45, 2.75) is 20.0 Å². The first kappa shape index (κ1) is 15.4. The van der Waals surface area contributed by atoms with E-state index in [4.69, 9.17) is 10.4 Å². The first-order chi connectivity index (χ1) is 9.10. The number of amides is 2. The number of nitrogens with one attached hydrogen (secondary N) is 1. The molecule has 0 heterocycles. The molecule has 1 rings (SSSR count). The van der Waals surface area contributed by atoms with E-state index in [0.29, 0.717) is 12.0 Å². The van der Waals surface area contributed by atoms with Gasteiger partial charge in [-0.15, -0.1) is 0 Å². The third kappa shape index (κ3) is 4.51. The Kier molecular flexibility index (Phi) is 6.26. The number of nitrogens with zero attached hydrogens (tertiary/aromatic N) is 3. The van der Waals surface area contributed by atoms with Crippen LogP contribution in [0.4, 0.5) is 0 Å². The molecule has 1 aromatic rings. The first-order valence-corrected chi connectivity index (χ1v) is 6.45. The maximum Gasteiger partial charge on any atom is 0.249 e. The highest BCUT2D eigenvalue weighted by molar-refractivity contribution is 14.1. The number of carbonyl (C=O) groups is 2. The summed E-state index contributed by atoms with van der Waals surface area (Å²) in [6, 6.07) is 5.00. The molecule has 100 valence electrons. The fourth-order valence-corrected chi connectivity index (χ4v) is 1.91. The molecule has 1 aromatic carbocycles. The van der Waals surface area contributed by atoms with Crippen LogP contribution in [0.15, 0.2) is 23.3 Å². The van der Waals surface area contributed by atoms with Gasteiger partial charge in [0.1, 0.15) is 6.61 Å². The molecular weight excluding hydrogens is 363 g/mol. The van der Waals surface area contributed by atoms with Gasteiger partial charge in [-0.1, -0.05) is 19.1 Å². The zero-order valence-electron chi connectivity index (χ0n) is 10.1.